The smallest absolute Gasteiger partial charge is 0.311 e. The molecule has 0 aromatic heterocycles. The van der Waals surface area contributed by atoms with E-state index < -0.39 is 0 Å². The minimum atomic E-state index is -0.270. The number of unbranched alkanes of at least 4 members (excludes halogenated alkanes) is 2. The molecule has 1 heterocycles. The first-order valence-corrected chi connectivity index (χ1v) is 16.0. The SMILES string of the molecule is CC(C)CC(c1ccc(O)cc1)C(C)(C)C(C)C(c1ccc(OC(=O)CCCCCN2C(=O)CCC2=O)cc1)C(C)(C)C. The van der Waals surface area contributed by atoms with Crippen LogP contribution in [-0.4, -0.2) is 34.3 Å². The average molecular weight is 592 g/mol. The van der Waals surface area contributed by atoms with Crippen molar-refractivity contribution in [2.75, 3.05) is 6.54 Å². The van der Waals surface area contributed by atoms with Crippen molar-refractivity contribution in [3.05, 3.63) is 59.7 Å². The highest BCUT2D eigenvalue weighted by molar-refractivity contribution is 6.01. The molecule has 0 aliphatic carbocycles. The number of hydrogen-bond acceptors (Lipinski definition) is 5. The first-order chi connectivity index (χ1) is 20.1. The third kappa shape index (κ3) is 9.17. The number of benzene rings is 2. The van der Waals surface area contributed by atoms with Crippen molar-refractivity contribution in [1.29, 1.82) is 0 Å². The lowest BCUT2D eigenvalue weighted by molar-refractivity contribution is -0.139. The lowest BCUT2D eigenvalue weighted by Crippen LogP contribution is -2.38. The van der Waals surface area contributed by atoms with Gasteiger partial charge in [0, 0.05) is 25.8 Å². The van der Waals surface area contributed by atoms with Crippen molar-refractivity contribution in [3.63, 3.8) is 0 Å². The fraction of sp³-hybridized carbons (Fsp3) is 0.595. The van der Waals surface area contributed by atoms with Crippen LogP contribution in [0.15, 0.2) is 48.5 Å². The van der Waals surface area contributed by atoms with Gasteiger partial charge in [0.25, 0.3) is 0 Å². The van der Waals surface area contributed by atoms with Gasteiger partial charge in [-0.15, -0.1) is 0 Å². The quantitative estimate of drug-likeness (QED) is 0.103. The Morgan fingerprint density at radius 3 is 1.93 bits per heavy atom. The number of nitrogens with zero attached hydrogens (tertiary/aromatic N) is 1. The first kappa shape index (κ1) is 34.3. The predicted molar refractivity (Wildman–Crippen MR) is 172 cm³/mol. The van der Waals surface area contributed by atoms with Crippen LogP contribution in [0.1, 0.15) is 123 Å². The Balaban J connectivity index is 1.66. The van der Waals surface area contributed by atoms with Crippen LogP contribution in [-0.2, 0) is 14.4 Å². The van der Waals surface area contributed by atoms with Crippen molar-refractivity contribution in [2.24, 2.45) is 22.7 Å². The molecule has 1 fully saturated rings. The minimum Gasteiger partial charge on any atom is -0.508 e. The van der Waals surface area contributed by atoms with Crippen LogP contribution in [0.5, 0.6) is 11.5 Å². The van der Waals surface area contributed by atoms with Crippen molar-refractivity contribution < 1.29 is 24.2 Å². The zero-order chi connectivity index (χ0) is 31.9. The van der Waals surface area contributed by atoms with Crippen molar-refractivity contribution in [2.45, 2.75) is 112 Å². The fourth-order valence-corrected chi connectivity index (χ4v) is 6.85. The molecule has 0 radical (unpaired) electrons. The van der Waals surface area contributed by atoms with Gasteiger partial charge in [-0.3, -0.25) is 19.3 Å². The molecule has 236 valence electrons. The van der Waals surface area contributed by atoms with Gasteiger partial charge in [-0.1, -0.05) is 86.1 Å². The van der Waals surface area contributed by atoms with Gasteiger partial charge < -0.3 is 9.84 Å². The van der Waals surface area contributed by atoms with Crippen LogP contribution < -0.4 is 4.74 Å². The molecule has 6 heteroatoms. The summed E-state index contributed by atoms with van der Waals surface area (Å²) in [6.45, 7) is 19.0. The summed E-state index contributed by atoms with van der Waals surface area (Å²) in [7, 11) is 0. The Bertz CT molecular complexity index is 1210. The zero-order valence-corrected chi connectivity index (χ0v) is 27.6. The van der Waals surface area contributed by atoms with Crippen LogP contribution in [0.3, 0.4) is 0 Å². The maximum Gasteiger partial charge on any atom is 0.311 e. The second kappa shape index (κ2) is 14.5. The van der Waals surface area contributed by atoms with E-state index in [9.17, 15) is 19.5 Å². The summed E-state index contributed by atoms with van der Waals surface area (Å²) < 4.78 is 5.65. The molecule has 3 unspecified atom stereocenters. The van der Waals surface area contributed by atoms with E-state index in [1.54, 1.807) is 12.1 Å². The number of ether oxygens (including phenoxy) is 1. The second-order valence-corrected chi connectivity index (χ2v) is 14.5. The van der Waals surface area contributed by atoms with E-state index in [4.69, 9.17) is 4.74 Å². The van der Waals surface area contributed by atoms with Gasteiger partial charge in [-0.05, 0) is 89.2 Å². The average Bonchev–Trinajstić information content (AvgIpc) is 3.24. The molecule has 1 aliphatic rings. The van der Waals surface area contributed by atoms with Crippen LogP contribution in [0.25, 0.3) is 0 Å². The molecule has 2 aromatic carbocycles. The van der Waals surface area contributed by atoms with Crippen molar-refractivity contribution >= 4 is 17.8 Å². The Kier molecular flexibility index (Phi) is 11.6. The standard InChI is InChI=1S/C37H53NO5/c1-25(2)24-31(27-13-17-29(39)18-14-27)37(7,8)26(3)35(36(4,5)6)28-15-19-30(20-16-28)43-34(42)12-10-9-11-23-38-32(40)21-22-33(38)41/h13-20,25-26,31,35,39H,9-12,21-24H2,1-8H3. The molecule has 3 atom stereocenters. The molecule has 1 saturated heterocycles. The fourth-order valence-electron chi connectivity index (χ4n) is 6.85. The summed E-state index contributed by atoms with van der Waals surface area (Å²) in [5, 5.41) is 9.92. The van der Waals surface area contributed by atoms with E-state index in [0.717, 1.165) is 12.8 Å². The summed E-state index contributed by atoms with van der Waals surface area (Å²) in [5.41, 5.74) is 2.44. The van der Waals surface area contributed by atoms with Gasteiger partial charge in [-0.2, -0.15) is 0 Å². The second-order valence-electron chi connectivity index (χ2n) is 14.5. The Morgan fingerprint density at radius 1 is 0.837 bits per heavy atom. The molecule has 2 aromatic rings. The van der Waals surface area contributed by atoms with E-state index in [0.29, 0.717) is 67.9 Å². The Labute approximate surface area is 259 Å². The van der Waals surface area contributed by atoms with E-state index in [2.05, 4.69) is 79.7 Å². The van der Waals surface area contributed by atoms with Crippen molar-refractivity contribution in [1.82, 2.24) is 4.90 Å². The van der Waals surface area contributed by atoms with Gasteiger partial charge in [0.05, 0.1) is 0 Å². The first-order valence-electron chi connectivity index (χ1n) is 16.0. The molecule has 0 saturated carbocycles. The lowest BCUT2D eigenvalue weighted by atomic mass is 9.56. The number of carbonyl (C=O) groups is 3. The summed E-state index contributed by atoms with van der Waals surface area (Å²) in [5.74, 6) is 1.82. The monoisotopic (exact) mass is 591 g/mol. The number of hydrogen-bond donors (Lipinski definition) is 1. The largest absolute Gasteiger partial charge is 0.508 e. The number of rotatable bonds is 14. The van der Waals surface area contributed by atoms with Crippen LogP contribution in [0.2, 0.25) is 0 Å². The highest BCUT2D eigenvalue weighted by Gasteiger charge is 2.43. The van der Waals surface area contributed by atoms with Gasteiger partial charge in [0.1, 0.15) is 11.5 Å². The third-order valence-electron chi connectivity index (χ3n) is 9.40. The summed E-state index contributed by atoms with van der Waals surface area (Å²) in [6.07, 6.45) is 4.10. The van der Waals surface area contributed by atoms with Gasteiger partial charge >= 0.3 is 5.97 Å². The molecule has 3 rings (SSSR count). The molecule has 1 N–H and O–H groups in total. The molecule has 2 amide bonds. The molecule has 1 aliphatic heterocycles. The summed E-state index contributed by atoms with van der Waals surface area (Å²) in [6, 6.07) is 15.8. The maximum atomic E-state index is 12.5. The van der Waals surface area contributed by atoms with E-state index in [-0.39, 0.29) is 34.5 Å². The van der Waals surface area contributed by atoms with Gasteiger partial charge in [-0.25, -0.2) is 0 Å². The zero-order valence-electron chi connectivity index (χ0n) is 27.6. The number of likely N-dealkylation sites (tertiary alicyclic amines) is 1. The maximum absolute atomic E-state index is 12.5. The van der Waals surface area contributed by atoms with Gasteiger partial charge in [0.2, 0.25) is 11.8 Å². The highest BCUT2D eigenvalue weighted by Crippen LogP contribution is 2.54. The van der Waals surface area contributed by atoms with Gasteiger partial charge in [0.15, 0.2) is 0 Å². The lowest BCUT2D eigenvalue weighted by Gasteiger charge is -2.48. The highest BCUT2D eigenvalue weighted by atomic mass is 16.5. The minimum absolute atomic E-state index is 0.00346. The number of phenolic OH excluding ortho intramolecular Hbond substituents is 1. The number of amides is 2. The number of esters is 1. The Morgan fingerprint density at radius 2 is 1.40 bits per heavy atom. The molecule has 0 bridgehead atoms. The normalized spacial score (nSPS) is 16.4. The summed E-state index contributed by atoms with van der Waals surface area (Å²) in [4.78, 5) is 37.3. The molecule has 6 nitrogen and oxygen atoms in total. The molecule has 0 spiro atoms. The molecular formula is C37H53NO5. The number of phenols is 1. The van der Waals surface area contributed by atoms with Crippen molar-refractivity contribution in [3.8, 4) is 11.5 Å². The number of imide groups is 1. The van der Waals surface area contributed by atoms with E-state index >= 15 is 0 Å². The van der Waals surface area contributed by atoms with Crippen LogP contribution in [0, 0.1) is 22.7 Å². The topological polar surface area (TPSA) is 83.9 Å². The van der Waals surface area contributed by atoms with E-state index in [1.165, 1.54) is 16.0 Å². The third-order valence-corrected chi connectivity index (χ3v) is 9.40. The number of aromatic hydroxyl groups is 1. The Hall–Kier alpha value is -3.15. The molecular weight excluding hydrogens is 538 g/mol. The number of carbonyl (C=O) groups excluding carboxylic acids is 3. The van der Waals surface area contributed by atoms with E-state index in [1.807, 2.05) is 12.1 Å². The predicted octanol–water partition coefficient (Wildman–Crippen LogP) is 8.63. The summed E-state index contributed by atoms with van der Waals surface area (Å²) >= 11 is 0. The molecule has 43 heavy (non-hydrogen) atoms. The van der Waals surface area contributed by atoms with Crippen LogP contribution >= 0.6 is 0 Å². The van der Waals surface area contributed by atoms with Crippen LogP contribution in [0.4, 0.5) is 0 Å².